The molecule has 0 radical (unpaired) electrons. The summed E-state index contributed by atoms with van der Waals surface area (Å²) in [5, 5.41) is 5.82. The first kappa shape index (κ1) is 19.6. The van der Waals surface area contributed by atoms with Gasteiger partial charge in [0.2, 0.25) is 5.91 Å². The summed E-state index contributed by atoms with van der Waals surface area (Å²) in [7, 11) is 0. The van der Waals surface area contributed by atoms with Gasteiger partial charge in [0, 0.05) is 23.4 Å². The van der Waals surface area contributed by atoms with Crippen LogP contribution in [0, 0.1) is 17.5 Å². The summed E-state index contributed by atoms with van der Waals surface area (Å²) in [5.74, 6) is -2.14. The number of hydrogen-bond acceptors (Lipinski definition) is 2. The van der Waals surface area contributed by atoms with E-state index in [1.165, 1.54) is 36.4 Å². The standard InChI is InChI=1S/C22H19F3N2O/c1-14(19-12-9-17(24)13-20(19)25)26-21(15-5-3-2-4-6-15)22(28)27-18-10-7-16(23)8-11-18/h2-14,21,26H,1H3,(H,27,28)/t14-,21-/m0/s1. The molecular weight excluding hydrogens is 365 g/mol. The van der Waals surface area contributed by atoms with Gasteiger partial charge in [0.1, 0.15) is 23.5 Å². The molecule has 0 fully saturated rings. The molecule has 3 rings (SSSR count). The number of carbonyl (C=O) groups is 1. The summed E-state index contributed by atoms with van der Waals surface area (Å²) < 4.78 is 40.4. The van der Waals surface area contributed by atoms with Crippen LogP contribution in [0.25, 0.3) is 0 Å². The van der Waals surface area contributed by atoms with Crippen LogP contribution in [0.3, 0.4) is 0 Å². The molecule has 0 unspecified atom stereocenters. The zero-order chi connectivity index (χ0) is 20.1. The lowest BCUT2D eigenvalue weighted by Crippen LogP contribution is -2.35. The average Bonchev–Trinajstić information content (AvgIpc) is 2.68. The summed E-state index contributed by atoms with van der Waals surface area (Å²) in [6.45, 7) is 1.69. The molecule has 0 bridgehead atoms. The molecular formula is C22H19F3N2O. The van der Waals surface area contributed by atoms with Crippen molar-refractivity contribution in [2.75, 3.05) is 5.32 Å². The Morgan fingerprint density at radius 2 is 1.50 bits per heavy atom. The van der Waals surface area contributed by atoms with Crippen molar-refractivity contribution in [2.24, 2.45) is 0 Å². The van der Waals surface area contributed by atoms with Gasteiger partial charge in [0.25, 0.3) is 0 Å². The molecule has 3 nitrogen and oxygen atoms in total. The van der Waals surface area contributed by atoms with Crippen LogP contribution in [0.4, 0.5) is 18.9 Å². The van der Waals surface area contributed by atoms with Crippen LogP contribution >= 0.6 is 0 Å². The Bertz CT molecular complexity index is 946. The highest BCUT2D eigenvalue weighted by Crippen LogP contribution is 2.24. The Labute approximate surface area is 161 Å². The van der Waals surface area contributed by atoms with Crippen molar-refractivity contribution in [3.63, 3.8) is 0 Å². The topological polar surface area (TPSA) is 41.1 Å². The van der Waals surface area contributed by atoms with Gasteiger partial charge in [-0.15, -0.1) is 0 Å². The molecule has 0 saturated carbocycles. The second-order valence-electron chi connectivity index (χ2n) is 6.39. The van der Waals surface area contributed by atoms with Crippen LogP contribution in [-0.2, 0) is 4.79 Å². The van der Waals surface area contributed by atoms with Crippen molar-refractivity contribution in [1.29, 1.82) is 0 Å². The molecule has 3 aromatic rings. The first-order chi connectivity index (χ1) is 13.4. The van der Waals surface area contributed by atoms with Gasteiger partial charge in [0.15, 0.2) is 0 Å². The van der Waals surface area contributed by atoms with Crippen molar-refractivity contribution in [2.45, 2.75) is 19.0 Å². The Morgan fingerprint density at radius 3 is 2.14 bits per heavy atom. The van der Waals surface area contributed by atoms with E-state index in [0.717, 1.165) is 6.07 Å². The van der Waals surface area contributed by atoms with E-state index in [0.29, 0.717) is 11.3 Å². The molecule has 3 aromatic carbocycles. The predicted molar refractivity (Wildman–Crippen MR) is 102 cm³/mol. The van der Waals surface area contributed by atoms with E-state index in [1.807, 2.05) is 6.07 Å². The van der Waals surface area contributed by atoms with E-state index in [2.05, 4.69) is 10.6 Å². The Hall–Kier alpha value is -3.12. The molecule has 0 aromatic heterocycles. The largest absolute Gasteiger partial charge is 0.324 e. The van der Waals surface area contributed by atoms with E-state index >= 15 is 0 Å². The minimum atomic E-state index is -0.800. The third-order valence-electron chi connectivity index (χ3n) is 4.35. The van der Waals surface area contributed by atoms with Crippen molar-refractivity contribution in [1.82, 2.24) is 5.32 Å². The van der Waals surface area contributed by atoms with Crippen LogP contribution < -0.4 is 10.6 Å². The Kier molecular flexibility index (Phi) is 6.11. The summed E-state index contributed by atoms with van der Waals surface area (Å²) in [6.07, 6.45) is 0. The smallest absolute Gasteiger partial charge is 0.246 e. The number of halogens is 3. The number of rotatable bonds is 6. The van der Waals surface area contributed by atoms with Crippen LogP contribution in [0.15, 0.2) is 72.8 Å². The molecule has 0 spiro atoms. The molecule has 0 aliphatic rings. The van der Waals surface area contributed by atoms with E-state index in [1.54, 1.807) is 31.2 Å². The predicted octanol–water partition coefficient (Wildman–Crippen LogP) is 5.13. The molecule has 6 heteroatoms. The van der Waals surface area contributed by atoms with Gasteiger partial charge < -0.3 is 5.32 Å². The van der Waals surface area contributed by atoms with E-state index in [-0.39, 0.29) is 11.5 Å². The van der Waals surface area contributed by atoms with E-state index in [9.17, 15) is 18.0 Å². The monoisotopic (exact) mass is 384 g/mol. The molecule has 1 amide bonds. The van der Waals surface area contributed by atoms with Crippen LogP contribution in [-0.4, -0.2) is 5.91 Å². The highest BCUT2D eigenvalue weighted by Gasteiger charge is 2.24. The van der Waals surface area contributed by atoms with Gasteiger partial charge in [-0.3, -0.25) is 10.1 Å². The molecule has 0 aliphatic carbocycles. The lowest BCUT2D eigenvalue weighted by Gasteiger charge is -2.24. The maximum absolute atomic E-state index is 14.1. The minimum absolute atomic E-state index is 0.247. The number of anilines is 1. The first-order valence-corrected chi connectivity index (χ1v) is 8.76. The highest BCUT2D eigenvalue weighted by atomic mass is 19.1. The van der Waals surface area contributed by atoms with Gasteiger partial charge >= 0.3 is 0 Å². The molecule has 2 N–H and O–H groups in total. The fourth-order valence-corrected chi connectivity index (χ4v) is 2.91. The van der Waals surface area contributed by atoms with Crippen LogP contribution in [0.2, 0.25) is 0 Å². The average molecular weight is 384 g/mol. The molecule has 2 atom stereocenters. The third-order valence-corrected chi connectivity index (χ3v) is 4.35. The second kappa shape index (κ2) is 8.71. The summed E-state index contributed by atoms with van der Waals surface area (Å²) >= 11 is 0. The quantitative estimate of drug-likeness (QED) is 0.618. The fourth-order valence-electron chi connectivity index (χ4n) is 2.91. The molecule has 0 heterocycles. The van der Waals surface area contributed by atoms with Crippen molar-refractivity contribution < 1.29 is 18.0 Å². The SMILES string of the molecule is C[C@H](N[C@H](C(=O)Nc1ccc(F)cc1)c1ccccc1)c1ccc(F)cc1F. The minimum Gasteiger partial charge on any atom is -0.324 e. The van der Waals surface area contributed by atoms with Crippen molar-refractivity contribution >= 4 is 11.6 Å². The highest BCUT2D eigenvalue weighted by molar-refractivity contribution is 5.95. The van der Waals surface area contributed by atoms with E-state index in [4.69, 9.17) is 0 Å². The third kappa shape index (κ3) is 4.78. The van der Waals surface area contributed by atoms with E-state index < -0.39 is 29.5 Å². The number of nitrogens with one attached hydrogen (secondary N) is 2. The van der Waals surface area contributed by atoms with Crippen molar-refractivity contribution in [3.8, 4) is 0 Å². The molecule has 144 valence electrons. The van der Waals surface area contributed by atoms with Crippen molar-refractivity contribution in [3.05, 3.63) is 101 Å². The zero-order valence-electron chi connectivity index (χ0n) is 15.1. The van der Waals surface area contributed by atoms with Gasteiger partial charge in [-0.05, 0) is 42.8 Å². The Balaban J connectivity index is 1.84. The number of benzene rings is 3. The van der Waals surface area contributed by atoms with Gasteiger partial charge in [-0.2, -0.15) is 0 Å². The molecule has 0 aliphatic heterocycles. The second-order valence-corrected chi connectivity index (χ2v) is 6.39. The fraction of sp³-hybridized carbons (Fsp3) is 0.136. The normalized spacial score (nSPS) is 13.0. The summed E-state index contributed by atoms with van der Waals surface area (Å²) in [5.41, 5.74) is 1.36. The molecule has 0 saturated heterocycles. The number of amides is 1. The first-order valence-electron chi connectivity index (χ1n) is 8.76. The maximum atomic E-state index is 14.1. The van der Waals surface area contributed by atoms with Crippen LogP contribution in [0.5, 0.6) is 0 Å². The lowest BCUT2D eigenvalue weighted by atomic mass is 10.0. The van der Waals surface area contributed by atoms with Crippen LogP contribution in [0.1, 0.15) is 30.1 Å². The molecule has 28 heavy (non-hydrogen) atoms. The zero-order valence-corrected chi connectivity index (χ0v) is 15.1. The number of hydrogen-bond donors (Lipinski definition) is 2. The summed E-state index contributed by atoms with van der Waals surface area (Å²) in [6, 6.07) is 16.3. The lowest BCUT2D eigenvalue weighted by molar-refractivity contribution is -0.118. The van der Waals surface area contributed by atoms with Gasteiger partial charge in [-0.25, -0.2) is 13.2 Å². The summed E-state index contributed by atoms with van der Waals surface area (Å²) in [4.78, 5) is 12.9. The van der Waals surface area contributed by atoms with Gasteiger partial charge in [-0.1, -0.05) is 36.4 Å². The Morgan fingerprint density at radius 1 is 0.857 bits per heavy atom. The number of carbonyl (C=O) groups excluding carboxylic acids is 1. The maximum Gasteiger partial charge on any atom is 0.246 e. The van der Waals surface area contributed by atoms with Gasteiger partial charge in [0.05, 0.1) is 0 Å².